The zero-order valence-corrected chi connectivity index (χ0v) is 17.1. The van der Waals surface area contributed by atoms with Crippen molar-refractivity contribution in [1.82, 2.24) is 5.32 Å². The van der Waals surface area contributed by atoms with Crippen molar-refractivity contribution >= 4 is 5.91 Å². The molecule has 3 rings (SSSR count). The molecule has 2 aromatic rings. The molecule has 0 aliphatic carbocycles. The largest absolute Gasteiger partial charge is 0.394 e. The molecule has 0 spiro atoms. The van der Waals surface area contributed by atoms with E-state index in [-0.39, 0.29) is 18.6 Å². The molecule has 1 heterocycles. The van der Waals surface area contributed by atoms with Gasteiger partial charge in [0.05, 0.1) is 12.0 Å². The van der Waals surface area contributed by atoms with Gasteiger partial charge < -0.3 is 15.2 Å². The van der Waals surface area contributed by atoms with E-state index in [4.69, 9.17) is 4.74 Å². The maximum atomic E-state index is 13.1. The van der Waals surface area contributed by atoms with Crippen molar-refractivity contribution in [3.8, 4) is 11.1 Å². The fourth-order valence-electron chi connectivity index (χ4n) is 4.05. The third kappa shape index (κ3) is 4.62. The summed E-state index contributed by atoms with van der Waals surface area (Å²) in [5.74, 6) is 0.0225. The summed E-state index contributed by atoms with van der Waals surface area (Å²) in [5.41, 5.74) is 5.60. The van der Waals surface area contributed by atoms with E-state index in [2.05, 4.69) is 61.6 Å². The van der Waals surface area contributed by atoms with Gasteiger partial charge in [0.25, 0.3) is 0 Å². The molecule has 28 heavy (non-hydrogen) atoms. The number of aryl methyl sites for hydroxylation is 2. The van der Waals surface area contributed by atoms with E-state index in [0.717, 1.165) is 5.56 Å². The predicted molar refractivity (Wildman–Crippen MR) is 112 cm³/mol. The van der Waals surface area contributed by atoms with Gasteiger partial charge in [-0.2, -0.15) is 0 Å². The number of aliphatic hydroxyl groups is 1. The average Bonchev–Trinajstić information content (AvgIpc) is 2.68. The molecule has 0 bridgehead atoms. The minimum atomic E-state index is -0.484. The Bertz CT molecular complexity index is 824. The van der Waals surface area contributed by atoms with Gasteiger partial charge in [0.15, 0.2) is 0 Å². The number of benzene rings is 2. The second-order valence-corrected chi connectivity index (χ2v) is 8.15. The van der Waals surface area contributed by atoms with Crippen LogP contribution in [0.25, 0.3) is 11.1 Å². The summed E-state index contributed by atoms with van der Waals surface area (Å²) >= 11 is 0. The lowest BCUT2D eigenvalue weighted by atomic mass is 9.74. The lowest BCUT2D eigenvalue weighted by Gasteiger charge is -2.36. The Morgan fingerprint density at radius 2 is 1.93 bits per heavy atom. The number of carbonyl (C=O) groups is 1. The molecule has 1 aliphatic heterocycles. The van der Waals surface area contributed by atoms with Gasteiger partial charge in [0, 0.05) is 19.3 Å². The molecule has 1 atom stereocenters. The van der Waals surface area contributed by atoms with E-state index >= 15 is 0 Å². The zero-order valence-electron chi connectivity index (χ0n) is 17.1. The van der Waals surface area contributed by atoms with Gasteiger partial charge in [-0.1, -0.05) is 48.0 Å². The highest BCUT2D eigenvalue weighted by Gasteiger charge is 2.40. The molecule has 2 N–H and O–H groups in total. The van der Waals surface area contributed by atoms with E-state index < -0.39 is 5.41 Å². The van der Waals surface area contributed by atoms with Crippen LogP contribution in [0.15, 0.2) is 42.5 Å². The molecule has 4 nitrogen and oxygen atoms in total. The van der Waals surface area contributed by atoms with Gasteiger partial charge in [-0.25, -0.2) is 0 Å². The number of rotatable bonds is 6. The van der Waals surface area contributed by atoms with Crippen LogP contribution in [0.4, 0.5) is 0 Å². The SMILES string of the molecule is Cc1ccc(-c2cccc(CC3(C(=O)NC(C)CO)CCOCC3)c2)c(C)c1. The van der Waals surface area contributed by atoms with Crippen molar-refractivity contribution in [2.75, 3.05) is 19.8 Å². The molecule has 0 radical (unpaired) electrons. The first kappa shape index (κ1) is 20.6. The number of amides is 1. The number of ether oxygens (including phenoxy) is 1. The smallest absolute Gasteiger partial charge is 0.227 e. The lowest BCUT2D eigenvalue weighted by Crippen LogP contribution is -2.49. The van der Waals surface area contributed by atoms with Crippen molar-refractivity contribution in [3.05, 3.63) is 59.2 Å². The molecule has 1 aliphatic rings. The van der Waals surface area contributed by atoms with E-state index in [1.165, 1.54) is 22.3 Å². The minimum absolute atomic E-state index is 0.0225. The summed E-state index contributed by atoms with van der Waals surface area (Å²) in [7, 11) is 0. The number of nitrogens with one attached hydrogen (secondary N) is 1. The quantitative estimate of drug-likeness (QED) is 0.800. The van der Waals surface area contributed by atoms with Gasteiger partial charge >= 0.3 is 0 Å². The van der Waals surface area contributed by atoms with Gasteiger partial charge in [-0.05, 0) is 62.3 Å². The van der Waals surface area contributed by atoms with Crippen molar-refractivity contribution < 1.29 is 14.6 Å². The van der Waals surface area contributed by atoms with E-state index in [1.807, 2.05) is 6.92 Å². The molecular formula is C24H31NO3. The Labute approximate surface area is 167 Å². The van der Waals surface area contributed by atoms with Crippen LogP contribution < -0.4 is 5.32 Å². The Balaban J connectivity index is 1.88. The summed E-state index contributed by atoms with van der Waals surface area (Å²) in [6, 6.07) is 14.8. The summed E-state index contributed by atoms with van der Waals surface area (Å²) < 4.78 is 5.53. The Hall–Kier alpha value is -2.17. The molecular weight excluding hydrogens is 350 g/mol. The molecule has 1 fully saturated rings. The van der Waals surface area contributed by atoms with Gasteiger partial charge in [-0.3, -0.25) is 4.79 Å². The Morgan fingerprint density at radius 3 is 2.61 bits per heavy atom. The fourth-order valence-corrected chi connectivity index (χ4v) is 4.05. The van der Waals surface area contributed by atoms with Crippen molar-refractivity contribution in [2.24, 2.45) is 5.41 Å². The van der Waals surface area contributed by atoms with Crippen LogP contribution in [0, 0.1) is 19.3 Å². The van der Waals surface area contributed by atoms with E-state index in [0.29, 0.717) is 32.5 Å². The first-order valence-electron chi connectivity index (χ1n) is 10.1. The molecule has 1 saturated heterocycles. The molecule has 150 valence electrons. The summed E-state index contributed by atoms with van der Waals surface area (Å²) in [5, 5.41) is 12.3. The van der Waals surface area contributed by atoms with E-state index in [9.17, 15) is 9.90 Å². The average molecular weight is 382 g/mol. The highest BCUT2D eigenvalue weighted by molar-refractivity contribution is 5.83. The maximum Gasteiger partial charge on any atom is 0.227 e. The van der Waals surface area contributed by atoms with Gasteiger partial charge in [0.2, 0.25) is 5.91 Å². The van der Waals surface area contributed by atoms with Crippen molar-refractivity contribution in [3.63, 3.8) is 0 Å². The van der Waals surface area contributed by atoms with Crippen LogP contribution in [-0.2, 0) is 16.0 Å². The van der Waals surface area contributed by atoms with Crippen LogP contribution in [0.5, 0.6) is 0 Å². The third-order valence-corrected chi connectivity index (χ3v) is 5.75. The number of carbonyl (C=O) groups excluding carboxylic acids is 1. The predicted octanol–water partition coefficient (Wildman–Crippen LogP) is 3.81. The van der Waals surface area contributed by atoms with Crippen molar-refractivity contribution in [1.29, 1.82) is 0 Å². The van der Waals surface area contributed by atoms with Crippen LogP contribution in [0.1, 0.15) is 36.5 Å². The second-order valence-electron chi connectivity index (χ2n) is 8.15. The highest BCUT2D eigenvalue weighted by atomic mass is 16.5. The lowest BCUT2D eigenvalue weighted by molar-refractivity contribution is -0.137. The molecule has 1 unspecified atom stereocenters. The maximum absolute atomic E-state index is 13.1. The normalized spacial score (nSPS) is 17.1. The number of hydrogen-bond acceptors (Lipinski definition) is 3. The van der Waals surface area contributed by atoms with Crippen LogP contribution in [0.3, 0.4) is 0 Å². The van der Waals surface area contributed by atoms with Gasteiger partial charge in [-0.15, -0.1) is 0 Å². The first-order valence-corrected chi connectivity index (χ1v) is 10.1. The highest BCUT2D eigenvalue weighted by Crippen LogP contribution is 2.36. The van der Waals surface area contributed by atoms with Crippen LogP contribution in [0.2, 0.25) is 0 Å². The molecule has 0 saturated carbocycles. The summed E-state index contributed by atoms with van der Waals surface area (Å²) in [6.45, 7) is 7.20. The molecule has 2 aromatic carbocycles. The van der Waals surface area contributed by atoms with Crippen LogP contribution >= 0.6 is 0 Å². The fraction of sp³-hybridized carbons (Fsp3) is 0.458. The number of hydrogen-bond donors (Lipinski definition) is 2. The zero-order chi connectivity index (χ0) is 20.1. The van der Waals surface area contributed by atoms with Crippen LogP contribution in [-0.4, -0.2) is 36.9 Å². The Kier molecular flexibility index (Phi) is 6.53. The third-order valence-electron chi connectivity index (χ3n) is 5.75. The summed E-state index contributed by atoms with van der Waals surface area (Å²) in [4.78, 5) is 13.1. The molecule has 1 amide bonds. The van der Waals surface area contributed by atoms with E-state index in [1.54, 1.807) is 0 Å². The summed E-state index contributed by atoms with van der Waals surface area (Å²) in [6.07, 6.45) is 2.08. The second kappa shape index (κ2) is 8.89. The standard InChI is InChI=1S/C24H31NO3/c1-17-7-8-22(18(2)13-17)21-6-4-5-20(14-21)15-24(9-11-28-12-10-24)23(27)25-19(3)16-26/h4-8,13-14,19,26H,9-12,15-16H2,1-3H3,(H,25,27). The molecule has 4 heteroatoms. The van der Waals surface area contributed by atoms with Gasteiger partial charge in [0.1, 0.15) is 0 Å². The first-order chi connectivity index (χ1) is 13.4. The monoisotopic (exact) mass is 381 g/mol. The number of aliphatic hydroxyl groups excluding tert-OH is 1. The Morgan fingerprint density at radius 1 is 1.18 bits per heavy atom. The minimum Gasteiger partial charge on any atom is -0.394 e. The topological polar surface area (TPSA) is 58.6 Å². The molecule has 0 aromatic heterocycles. The van der Waals surface area contributed by atoms with Crippen molar-refractivity contribution in [2.45, 2.75) is 46.1 Å².